The van der Waals surface area contributed by atoms with Gasteiger partial charge in [-0.25, -0.2) is 0 Å². The Morgan fingerprint density at radius 1 is 1.20 bits per heavy atom. The molecule has 3 rings (SSSR count). The highest BCUT2D eigenvalue weighted by Crippen LogP contribution is 2.37. The lowest BCUT2D eigenvalue weighted by Gasteiger charge is -2.15. The molecule has 4 heteroatoms. The van der Waals surface area contributed by atoms with Gasteiger partial charge in [-0.05, 0) is 32.2 Å². The molecule has 2 aliphatic rings. The smallest absolute Gasteiger partial charge is 0.150 e. The van der Waals surface area contributed by atoms with Crippen LogP contribution in [0.1, 0.15) is 56.4 Å². The van der Waals surface area contributed by atoms with Crippen molar-refractivity contribution in [2.45, 2.75) is 50.6 Å². The molecule has 0 amide bonds. The van der Waals surface area contributed by atoms with E-state index in [2.05, 4.69) is 20.1 Å². The first-order valence-electron chi connectivity index (χ1n) is 6.08. The predicted octanol–water partition coefficient (Wildman–Crippen LogP) is 1.82. The Hall–Kier alpha value is -0.900. The van der Waals surface area contributed by atoms with E-state index in [1.165, 1.54) is 44.3 Å². The fourth-order valence-corrected chi connectivity index (χ4v) is 2.38. The molecule has 1 saturated carbocycles. The Labute approximate surface area is 90.1 Å². The summed E-state index contributed by atoms with van der Waals surface area (Å²) in [6, 6.07) is 1.13. The van der Waals surface area contributed by atoms with Gasteiger partial charge in [-0.3, -0.25) is 0 Å². The van der Waals surface area contributed by atoms with E-state index in [0.29, 0.717) is 12.1 Å². The second kappa shape index (κ2) is 3.93. The van der Waals surface area contributed by atoms with Gasteiger partial charge in [0.15, 0.2) is 0 Å². The predicted molar refractivity (Wildman–Crippen MR) is 57.5 cm³/mol. The van der Waals surface area contributed by atoms with Gasteiger partial charge in [0.05, 0.1) is 6.04 Å². The highest BCUT2D eigenvalue weighted by molar-refractivity contribution is 5.01. The molecule has 2 fully saturated rings. The summed E-state index contributed by atoms with van der Waals surface area (Å²) in [7, 11) is 0. The zero-order valence-corrected chi connectivity index (χ0v) is 9.02. The molecule has 0 aromatic carbocycles. The fraction of sp³-hybridized carbons (Fsp3) is 0.818. The van der Waals surface area contributed by atoms with E-state index < -0.39 is 0 Å². The minimum absolute atomic E-state index is 0.440. The largest absolute Gasteiger partial charge is 0.313 e. The number of hydrogen-bond donors (Lipinski definition) is 1. The summed E-state index contributed by atoms with van der Waals surface area (Å²) in [5.74, 6) is 1.17. The number of aromatic nitrogens is 3. The van der Waals surface area contributed by atoms with Gasteiger partial charge < -0.3 is 9.88 Å². The van der Waals surface area contributed by atoms with Crippen molar-refractivity contribution in [2.24, 2.45) is 0 Å². The molecule has 1 aromatic rings. The Morgan fingerprint density at radius 3 is 3.00 bits per heavy atom. The molecule has 1 saturated heterocycles. The quantitative estimate of drug-likeness (QED) is 0.802. The van der Waals surface area contributed by atoms with Gasteiger partial charge in [0.1, 0.15) is 12.2 Å². The first-order chi connectivity index (χ1) is 7.45. The molecule has 1 aromatic heterocycles. The van der Waals surface area contributed by atoms with Crippen LogP contribution in [0.4, 0.5) is 0 Å². The Balaban J connectivity index is 1.80. The summed E-state index contributed by atoms with van der Waals surface area (Å²) in [6.07, 6.45) is 9.69. The summed E-state index contributed by atoms with van der Waals surface area (Å²) >= 11 is 0. The van der Waals surface area contributed by atoms with Gasteiger partial charge in [-0.1, -0.05) is 12.8 Å². The lowest BCUT2D eigenvalue weighted by Crippen LogP contribution is -2.23. The van der Waals surface area contributed by atoms with E-state index in [4.69, 9.17) is 0 Å². The van der Waals surface area contributed by atoms with Crippen molar-refractivity contribution in [3.63, 3.8) is 0 Å². The normalized spacial score (nSPS) is 27.6. The molecule has 2 heterocycles. The van der Waals surface area contributed by atoms with Crippen molar-refractivity contribution >= 4 is 0 Å². The summed E-state index contributed by atoms with van der Waals surface area (Å²) in [4.78, 5) is 0. The van der Waals surface area contributed by atoms with E-state index in [1.807, 2.05) is 6.33 Å². The molecule has 15 heavy (non-hydrogen) atoms. The van der Waals surface area contributed by atoms with Gasteiger partial charge in [0.25, 0.3) is 0 Å². The highest BCUT2D eigenvalue weighted by atomic mass is 15.3. The standard InChI is InChI=1S/C11H18N4/c1-2-4-10(12-7-3-1)11-14-13-8-15(11)9-5-6-9/h8-10,12H,1-7H2. The first-order valence-corrected chi connectivity index (χ1v) is 6.08. The van der Waals surface area contributed by atoms with Crippen LogP contribution in [0.5, 0.6) is 0 Å². The summed E-state index contributed by atoms with van der Waals surface area (Å²) < 4.78 is 2.28. The first kappa shape index (κ1) is 9.33. The molecule has 82 valence electrons. The topological polar surface area (TPSA) is 42.7 Å². The second-order valence-electron chi connectivity index (χ2n) is 4.68. The van der Waals surface area contributed by atoms with Crippen LogP contribution in [0.15, 0.2) is 6.33 Å². The van der Waals surface area contributed by atoms with Crippen molar-refractivity contribution in [2.75, 3.05) is 6.54 Å². The molecule has 1 aliphatic carbocycles. The third-order valence-electron chi connectivity index (χ3n) is 3.41. The average molecular weight is 206 g/mol. The van der Waals surface area contributed by atoms with Crippen LogP contribution >= 0.6 is 0 Å². The van der Waals surface area contributed by atoms with Crippen LogP contribution < -0.4 is 5.32 Å². The molecule has 1 atom stereocenters. The average Bonchev–Trinajstić information content (AvgIpc) is 3.04. The Bertz CT molecular complexity index is 321. The van der Waals surface area contributed by atoms with Crippen LogP contribution in [0, 0.1) is 0 Å². The molecule has 1 aliphatic heterocycles. The molecule has 0 bridgehead atoms. The monoisotopic (exact) mass is 206 g/mol. The lowest BCUT2D eigenvalue weighted by molar-refractivity contribution is 0.479. The van der Waals surface area contributed by atoms with Crippen molar-refractivity contribution in [1.29, 1.82) is 0 Å². The Morgan fingerprint density at radius 2 is 2.13 bits per heavy atom. The number of nitrogens with one attached hydrogen (secondary N) is 1. The van der Waals surface area contributed by atoms with Gasteiger partial charge in [0, 0.05) is 6.04 Å². The van der Waals surface area contributed by atoms with Crippen LogP contribution in [-0.4, -0.2) is 21.3 Å². The van der Waals surface area contributed by atoms with Crippen molar-refractivity contribution < 1.29 is 0 Å². The molecule has 0 spiro atoms. The van der Waals surface area contributed by atoms with E-state index in [9.17, 15) is 0 Å². The third kappa shape index (κ3) is 1.91. The van der Waals surface area contributed by atoms with Crippen LogP contribution in [-0.2, 0) is 0 Å². The van der Waals surface area contributed by atoms with E-state index in [-0.39, 0.29) is 0 Å². The van der Waals surface area contributed by atoms with E-state index in [1.54, 1.807) is 0 Å². The van der Waals surface area contributed by atoms with Gasteiger partial charge >= 0.3 is 0 Å². The highest BCUT2D eigenvalue weighted by Gasteiger charge is 2.29. The summed E-state index contributed by atoms with van der Waals surface area (Å²) in [6.45, 7) is 1.13. The van der Waals surface area contributed by atoms with Crippen LogP contribution in [0.25, 0.3) is 0 Å². The molecular weight excluding hydrogens is 188 g/mol. The van der Waals surface area contributed by atoms with Gasteiger partial charge in [-0.2, -0.15) is 0 Å². The van der Waals surface area contributed by atoms with Crippen LogP contribution in [0.3, 0.4) is 0 Å². The maximum atomic E-state index is 4.29. The SMILES string of the molecule is c1nnc(C2CCCCCN2)n1C1CC1. The van der Waals surface area contributed by atoms with Crippen LogP contribution in [0.2, 0.25) is 0 Å². The Kier molecular flexibility index (Phi) is 2.44. The molecule has 4 nitrogen and oxygen atoms in total. The van der Waals surface area contributed by atoms with Gasteiger partial charge in [-0.15, -0.1) is 10.2 Å². The minimum Gasteiger partial charge on any atom is -0.313 e. The minimum atomic E-state index is 0.440. The summed E-state index contributed by atoms with van der Waals surface area (Å²) in [5.41, 5.74) is 0. The van der Waals surface area contributed by atoms with Crippen molar-refractivity contribution in [3.8, 4) is 0 Å². The van der Waals surface area contributed by atoms with E-state index in [0.717, 1.165) is 6.54 Å². The number of hydrogen-bond acceptors (Lipinski definition) is 3. The number of nitrogens with zero attached hydrogens (tertiary/aromatic N) is 3. The van der Waals surface area contributed by atoms with Crippen molar-refractivity contribution in [1.82, 2.24) is 20.1 Å². The maximum Gasteiger partial charge on any atom is 0.150 e. The molecule has 1 unspecified atom stereocenters. The van der Waals surface area contributed by atoms with Gasteiger partial charge in [0.2, 0.25) is 0 Å². The zero-order chi connectivity index (χ0) is 10.1. The molecular formula is C11H18N4. The fourth-order valence-electron chi connectivity index (χ4n) is 2.38. The zero-order valence-electron chi connectivity index (χ0n) is 9.02. The second-order valence-corrected chi connectivity index (χ2v) is 4.68. The molecule has 0 radical (unpaired) electrons. The third-order valence-corrected chi connectivity index (χ3v) is 3.41. The summed E-state index contributed by atoms with van der Waals surface area (Å²) in [5, 5.41) is 11.9. The number of rotatable bonds is 2. The van der Waals surface area contributed by atoms with E-state index >= 15 is 0 Å². The lowest BCUT2D eigenvalue weighted by atomic mass is 10.1. The van der Waals surface area contributed by atoms with Crippen molar-refractivity contribution in [3.05, 3.63) is 12.2 Å². The maximum absolute atomic E-state index is 4.29. The molecule has 1 N–H and O–H groups in total.